The van der Waals surface area contributed by atoms with Gasteiger partial charge in [-0.05, 0) is 43.2 Å². The summed E-state index contributed by atoms with van der Waals surface area (Å²) in [5.74, 6) is -0.0398. The minimum atomic E-state index is -0.967. The van der Waals surface area contributed by atoms with Gasteiger partial charge in [-0.25, -0.2) is 4.79 Å². The maximum atomic E-state index is 12.4. The average molecular weight is 341 g/mol. The highest BCUT2D eigenvalue weighted by atomic mass is 16.6. The Morgan fingerprint density at radius 2 is 1.80 bits per heavy atom. The molecule has 3 rings (SSSR count). The van der Waals surface area contributed by atoms with E-state index in [1.165, 1.54) is 6.07 Å². The fourth-order valence-corrected chi connectivity index (χ4v) is 2.70. The van der Waals surface area contributed by atoms with Crippen LogP contribution in [0.5, 0.6) is 11.5 Å². The first-order valence-electron chi connectivity index (χ1n) is 8.07. The summed E-state index contributed by atoms with van der Waals surface area (Å²) in [7, 11) is 0. The highest BCUT2D eigenvalue weighted by Gasteiger charge is 2.33. The predicted octanol–water partition coefficient (Wildman–Crippen LogP) is 2.27. The second-order valence-electron chi connectivity index (χ2n) is 5.85. The highest BCUT2D eigenvalue weighted by Crippen LogP contribution is 2.33. The third-order valence-corrected chi connectivity index (χ3v) is 3.99. The molecule has 2 aromatic carbocycles. The van der Waals surface area contributed by atoms with Gasteiger partial charge in [0.25, 0.3) is 5.91 Å². The number of amides is 1. The fourth-order valence-electron chi connectivity index (χ4n) is 2.70. The number of nitrogens with one attached hydrogen (secondary N) is 1. The number of carboxylic acid groups (broad SMARTS) is 1. The van der Waals surface area contributed by atoms with Crippen LogP contribution < -0.4 is 14.8 Å². The van der Waals surface area contributed by atoms with E-state index in [0.29, 0.717) is 24.5 Å². The molecule has 6 nitrogen and oxygen atoms in total. The number of aromatic carboxylic acids is 1. The Balaban J connectivity index is 1.56. The third-order valence-electron chi connectivity index (χ3n) is 3.99. The number of fused-ring (bicyclic) bond motifs is 1. The lowest BCUT2D eigenvalue weighted by atomic mass is 10.1. The lowest BCUT2D eigenvalue weighted by Crippen LogP contribution is -2.49. The zero-order chi connectivity index (χ0) is 17.8. The maximum absolute atomic E-state index is 12.4. The van der Waals surface area contributed by atoms with Gasteiger partial charge in [0.1, 0.15) is 6.10 Å². The number of rotatable bonds is 5. The van der Waals surface area contributed by atoms with Gasteiger partial charge in [-0.3, -0.25) is 4.79 Å². The van der Waals surface area contributed by atoms with Crippen molar-refractivity contribution < 1.29 is 24.2 Å². The molecular formula is C19H19NO5. The van der Waals surface area contributed by atoms with Gasteiger partial charge < -0.3 is 19.9 Å². The van der Waals surface area contributed by atoms with Crippen molar-refractivity contribution in [1.82, 2.24) is 5.32 Å². The molecule has 0 aromatic heterocycles. The number of para-hydroxylation sites is 2. The zero-order valence-electron chi connectivity index (χ0n) is 13.8. The van der Waals surface area contributed by atoms with Crippen molar-refractivity contribution in [3.63, 3.8) is 0 Å². The molecule has 0 unspecified atom stereocenters. The van der Waals surface area contributed by atoms with Crippen molar-refractivity contribution >= 4 is 11.9 Å². The van der Waals surface area contributed by atoms with Gasteiger partial charge in [0.2, 0.25) is 6.10 Å². The first-order valence-corrected chi connectivity index (χ1v) is 8.07. The molecule has 0 saturated carbocycles. The zero-order valence-corrected chi connectivity index (χ0v) is 13.8. The topological polar surface area (TPSA) is 84.9 Å². The van der Waals surface area contributed by atoms with E-state index in [4.69, 9.17) is 14.6 Å². The van der Waals surface area contributed by atoms with Crippen LogP contribution in [-0.2, 0) is 11.2 Å². The number of hydrogen-bond donors (Lipinski definition) is 2. The van der Waals surface area contributed by atoms with Gasteiger partial charge >= 0.3 is 5.97 Å². The Labute approximate surface area is 145 Å². The molecule has 0 saturated heterocycles. The summed E-state index contributed by atoms with van der Waals surface area (Å²) >= 11 is 0. The maximum Gasteiger partial charge on any atom is 0.335 e. The van der Waals surface area contributed by atoms with Crippen molar-refractivity contribution in [2.45, 2.75) is 25.6 Å². The Morgan fingerprint density at radius 3 is 2.52 bits per heavy atom. The second-order valence-corrected chi connectivity index (χ2v) is 5.85. The predicted molar refractivity (Wildman–Crippen MR) is 91.1 cm³/mol. The molecule has 1 aliphatic heterocycles. The van der Waals surface area contributed by atoms with Gasteiger partial charge in [0.15, 0.2) is 11.5 Å². The summed E-state index contributed by atoms with van der Waals surface area (Å²) < 4.78 is 11.5. The van der Waals surface area contributed by atoms with Crippen molar-refractivity contribution in [1.29, 1.82) is 0 Å². The molecule has 0 fully saturated rings. The Kier molecular flexibility index (Phi) is 4.88. The summed E-state index contributed by atoms with van der Waals surface area (Å²) in [5, 5.41) is 11.8. The van der Waals surface area contributed by atoms with Gasteiger partial charge in [0, 0.05) is 6.54 Å². The number of ether oxygens (including phenoxy) is 2. The van der Waals surface area contributed by atoms with E-state index < -0.39 is 18.2 Å². The van der Waals surface area contributed by atoms with E-state index in [1.54, 1.807) is 31.2 Å². The van der Waals surface area contributed by atoms with Crippen LogP contribution in [0.3, 0.4) is 0 Å². The first kappa shape index (κ1) is 16.8. The number of benzene rings is 2. The van der Waals surface area contributed by atoms with E-state index in [-0.39, 0.29) is 11.5 Å². The molecular weight excluding hydrogens is 322 g/mol. The quantitative estimate of drug-likeness (QED) is 0.871. The SMILES string of the molecule is C[C@@H]1Oc2ccccc2O[C@@H]1C(=O)NCCc1cccc(C(=O)O)c1. The summed E-state index contributed by atoms with van der Waals surface area (Å²) in [4.78, 5) is 23.4. The van der Waals surface area contributed by atoms with Gasteiger partial charge in [-0.2, -0.15) is 0 Å². The normalized spacial score (nSPS) is 18.4. The van der Waals surface area contributed by atoms with E-state index in [0.717, 1.165) is 5.56 Å². The minimum absolute atomic E-state index is 0.234. The molecule has 6 heteroatoms. The minimum Gasteiger partial charge on any atom is -0.482 e. The number of carboxylic acids is 1. The summed E-state index contributed by atoms with van der Waals surface area (Å²) in [5.41, 5.74) is 1.08. The van der Waals surface area contributed by atoms with Gasteiger partial charge in [0.05, 0.1) is 5.56 Å². The van der Waals surface area contributed by atoms with Crippen LogP contribution in [0.4, 0.5) is 0 Å². The molecule has 0 spiro atoms. The summed E-state index contributed by atoms with van der Waals surface area (Å²) in [6.45, 7) is 2.17. The standard InChI is InChI=1S/C19H19NO5/c1-12-17(25-16-8-3-2-7-15(16)24-12)18(21)20-10-9-13-5-4-6-14(11-13)19(22)23/h2-8,11-12,17H,9-10H2,1H3,(H,20,21)(H,22,23)/t12-,17-/m0/s1. The van der Waals surface area contributed by atoms with E-state index >= 15 is 0 Å². The lowest BCUT2D eigenvalue weighted by molar-refractivity contribution is -0.133. The van der Waals surface area contributed by atoms with Crippen molar-refractivity contribution in [3.8, 4) is 11.5 Å². The first-order chi connectivity index (χ1) is 12.0. The van der Waals surface area contributed by atoms with Crippen LogP contribution in [0.1, 0.15) is 22.8 Å². The molecule has 1 amide bonds. The van der Waals surface area contributed by atoms with Crippen LogP contribution >= 0.6 is 0 Å². The summed E-state index contributed by atoms with van der Waals surface area (Å²) in [6, 6.07) is 13.9. The van der Waals surface area contributed by atoms with Crippen molar-refractivity contribution in [2.75, 3.05) is 6.54 Å². The molecule has 0 radical (unpaired) electrons. The van der Waals surface area contributed by atoms with Crippen LogP contribution in [0.25, 0.3) is 0 Å². The molecule has 25 heavy (non-hydrogen) atoms. The van der Waals surface area contributed by atoms with E-state index in [1.807, 2.05) is 18.2 Å². The Morgan fingerprint density at radius 1 is 1.08 bits per heavy atom. The summed E-state index contributed by atoms with van der Waals surface area (Å²) in [6.07, 6.45) is -0.587. The third kappa shape index (κ3) is 3.91. The molecule has 2 aromatic rings. The van der Waals surface area contributed by atoms with Crippen molar-refractivity contribution in [3.05, 3.63) is 59.7 Å². The Hall–Kier alpha value is -3.02. The van der Waals surface area contributed by atoms with Crippen LogP contribution in [0.2, 0.25) is 0 Å². The van der Waals surface area contributed by atoms with Crippen LogP contribution in [0, 0.1) is 0 Å². The van der Waals surface area contributed by atoms with Gasteiger partial charge in [-0.15, -0.1) is 0 Å². The lowest BCUT2D eigenvalue weighted by Gasteiger charge is -2.31. The fraction of sp³-hybridized carbons (Fsp3) is 0.263. The molecule has 130 valence electrons. The molecule has 2 atom stereocenters. The number of carbonyl (C=O) groups is 2. The number of carbonyl (C=O) groups excluding carboxylic acids is 1. The monoisotopic (exact) mass is 341 g/mol. The Bertz CT molecular complexity index is 789. The molecule has 0 aliphatic carbocycles. The van der Waals surface area contributed by atoms with E-state index in [9.17, 15) is 9.59 Å². The smallest absolute Gasteiger partial charge is 0.335 e. The largest absolute Gasteiger partial charge is 0.482 e. The van der Waals surface area contributed by atoms with E-state index in [2.05, 4.69) is 5.32 Å². The van der Waals surface area contributed by atoms with Gasteiger partial charge in [-0.1, -0.05) is 24.3 Å². The van der Waals surface area contributed by atoms with Crippen LogP contribution in [-0.4, -0.2) is 35.7 Å². The van der Waals surface area contributed by atoms with Crippen molar-refractivity contribution in [2.24, 2.45) is 0 Å². The number of hydrogen-bond acceptors (Lipinski definition) is 4. The molecule has 0 bridgehead atoms. The molecule has 1 heterocycles. The molecule has 2 N–H and O–H groups in total. The highest BCUT2D eigenvalue weighted by molar-refractivity contribution is 5.87. The van der Waals surface area contributed by atoms with Crippen LogP contribution in [0.15, 0.2) is 48.5 Å². The second kappa shape index (κ2) is 7.25. The molecule has 1 aliphatic rings. The average Bonchev–Trinajstić information content (AvgIpc) is 2.61.